The van der Waals surface area contributed by atoms with Gasteiger partial charge in [-0.3, -0.25) is 4.98 Å². The number of hydrogen-bond acceptors (Lipinski definition) is 3. The van der Waals surface area contributed by atoms with Gasteiger partial charge in [-0.05, 0) is 72.8 Å². The first-order valence-electron chi connectivity index (χ1n) is 8.98. The second kappa shape index (κ2) is 8.08. The Morgan fingerprint density at radius 3 is 2.27 bits per heavy atom. The van der Waals surface area contributed by atoms with Crippen molar-refractivity contribution in [2.75, 3.05) is 0 Å². The molecule has 4 rings (SSSR count). The highest BCUT2D eigenvalue weighted by Gasteiger charge is 2.11. The van der Waals surface area contributed by atoms with Gasteiger partial charge in [0.2, 0.25) is 0 Å². The highest BCUT2D eigenvalue weighted by atomic mass is 19.1. The lowest BCUT2D eigenvalue weighted by Gasteiger charge is -2.01. The fourth-order valence-electron chi connectivity index (χ4n) is 2.92. The number of nitrogens with zero attached hydrogens (tertiary/aromatic N) is 3. The first-order valence-corrected chi connectivity index (χ1v) is 8.98. The van der Waals surface area contributed by atoms with Crippen molar-refractivity contribution >= 4 is 18.1 Å². The number of carboxylic acid groups (broad SMARTS) is 1. The van der Waals surface area contributed by atoms with Crippen LogP contribution in [-0.4, -0.2) is 25.8 Å². The third-order valence-electron chi connectivity index (χ3n) is 4.41. The molecule has 5 nitrogen and oxygen atoms in total. The quantitative estimate of drug-likeness (QED) is 0.505. The summed E-state index contributed by atoms with van der Waals surface area (Å²) in [5.74, 6) is -1.75. The summed E-state index contributed by atoms with van der Waals surface area (Å²) in [6.45, 7) is 0. The third-order valence-corrected chi connectivity index (χ3v) is 4.41. The van der Waals surface area contributed by atoms with Crippen LogP contribution in [0.2, 0.25) is 0 Å². The van der Waals surface area contributed by atoms with Crippen LogP contribution in [-0.2, 0) is 0 Å². The van der Waals surface area contributed by atoms with Crippen LogP contribution in [0.3, 0.4) is 0 Å². The Kier molecular flexibility index (Phi) is 5.17. The molecule has 0 amide bonds. The first kappa shape index (κ1) is 19.2. The van der Waals surface area contributed by atoms with Gasteiger partial charge >= 0.3 is 5.97 Å². The summed E-state index contributed by atoms with van der Waals surface area (Å²) in [5.41, 5.74) is 3.24. The normalized spacial score (nSPS) is 11.1. The number of benzene rings is 2. The molecule has 0 aliphatic carbocycles. The Bertz CT molecular complexity index is 1230. The average molecular weight is 403 g/mol. The topological polar surface area (TPSA) is 68.0 Å². The summed E-state index contributed by atoms with van der Waals surface area (Å²) in [7, 11) is 0. The van der Waals surface area contributed by atoms with Crippen molar-refractivity contribution in [2.24, 2.45) is 0 Å². The van der Waals surface area contributed by atoms with E-state index in [-0.39, 0.29) is 17.2 Å². The third kappa shape index (κ3) is 4.15. The van der Waals surface area contributed by atoms with Crippen molar-refractivity contribution in [1.82, 2.24) is 14.8 Å². The molecule has 4 aromatic rings. The van der Waals surface area contributed by atoms with Gasteiger partial charge in [-0.25, -0.2) is 18.3 Å². The first-order chi connectivity index (χ1) is 14.5. The number of carboxylic acids is 1. The smallest absolute Gasteiger partial charge is 0.335 e. The predicted molar refractivity (Wildman–Crippen MR) is 109 cm³/mol. The molecule has 1 N–H and O–H groups in total. The number of hydrogen-bond donors (Lipinski definition) is 1. The molecule has 0 atom stereocenters. The van der Waals surface area contributed by atoms with Gasteiger partial charge < -0.3 is 5.11 Å². The zero-order chi connectivity index (χ0) is 21.1. The minimum absolute atomic E-state index is 0.130. The average Bonchev–Trinajstić information content (AvgIpc) is 3.18. The lowest BCUT2D eigenvalue weighted by atomic mass is 10.1. The van der Waals surface area contributed by atoms with Gasteiger partial charge in [0, 0.05) is 23.5 Å². The van der Waals surface area contributed by atoms with Crippen LogP contribution in [0.4, 0.5) is 8.78 Å². The molecule has 2 aromatic carbocycles. The number of rotatable bonds is 5. The SMILES string of the molecule is O=C(O)c1ccnc(C=Cc2cn(-c3ccc(F)cc3)nc2-c2ccc(F)cc2)c1. The van der Waals surface area contributed by atoms with Crippen LogP contribution >= 0.6 is 0 Å². The Morgan fingerprint density at radius 1 is 0.933 bits per heavy atom. The maximum Gasteiger partial charge on any atom is 0.335 e. The second-order valence-electron chi connectivity index (χ2n) is 6.47. The molecule has 2 heterocycles. The monoisotopic (exact) mass is 403 g/mol. The lowest BCUT2D eigenvalue weighted by molar-refractivity contribution is 0.0696. The van der Waals surface area contributed by atoms with Crippen molar-refractivity contribution < 1.29 is 18.7 Å². The molecule has 0 unspecified atom stereocenters. The number of aromatic carboxylic acids is 1. The maximum atomic E-state index is 13.4. The summed E-state index contributed by atoms with van der Waals surface area (Å²) in [6, 6.07) is 14.7. The van der Waals surface area contributed by atoms with E-state index in [4.69, 9.17) is 5.11 Å². The van der Waals surface area contributed by atoms with Crippen molar-refractivity contribution in [2.45, 2.75) is 0 Å². The van der Waals surface area contributed by atoms with Gasteiger partial charge in [-0.2, -0.15) is 5.10 Å². The van der Waals surface area contributed by atoms with Gasteiger partial charge in [-0.15, -0.1) is 0 Å². The molecule has 7 heteroatoms. The van der Waals surface area contributed by atoms with E-state index in [1.54, 1.807) is 47.3 Å². The van der Waals surface area contributed by atoms with E-state index < -0.39 is 5.97 Å². The van der Waals surface area contributed by atoms with E-state index in [1.165, 1.54) is 42.6 Å². The number of halogens is 2. The van der Waals surface area contributed by atoms with Crippen molar-refractivity contribution in [1.29, 1.82) is 0 Å². The van der Waals surface area contributed by atoms with Crippen LogP contribution in [0.1, 0.15) is 21.6 Å². The predicted octanol–water partition coefficient (Wildman–Crippen LogP) is 5.08. The maximum absolute atomic E-state index is 13.4. The van der Waals surface area contributed by atoms with E-state index in [0.29, 0.717) is 28.2 Å². The minimum Gasteiger partial charge on any atom is -0.478 e. The second-order valence-corrected chi connectivity index (χ2v) is 6.47. The molecular formula is C23H15F2N3O2. The Morgan fingerprint density at radius 2 is 1.60 bits per heavy atom. The molecule has 0 saturated carbocycles. The van der Waals surface area contributed by atoms with Crippen LogP contribution in [0.5, 0.6) is 0 Å². The Balaban J connectivity index is 1.76. The number of pyridine rings is 1. The fraction of sp³-hybridized carbons (Fsp3) is 0. The van der Waals surface area contributed by atoms with E-state index in [9.17, 15) is 13.6 Å². The summed E-state index contributed by atoms with van der Waals surface area (Å²) in [5, 5.41) is 13.7. The van der Waals surface area contributed by atoms with Gasteiger partial charge in [0.05, 0.1) is 22.6 Å². The molecule has 0 bridgehead atoms. The zero-order valence-electron chi connectivity index (χ0n) is 15.5. The van der Waals surface area contributed by atoms with Gasteiger partial charge in [0.1, 0.15) is 11.6 Å². The van der Waals surface area contributed by atoms with Crippen LogP contribution in [0, 0.1) is 11.6 Å². The zero-order valence-corrected chi connectivity index (χ0v) is 15.5. The van der Waals surface area contributed by atoms with E-state index in [1.807, 2.05) is 0 Å². The van der Waals surface area contributed by atoms with E-state index >= 15 is 0 Å². The summed E-state index contributed by atoms with van der Waals surface area (Å²) in [4.78, 5) is 15.3. The van der Waals surface area contributed by atoms with Gasteiger partial charge in [0.15, 0.2) is 0 Å². The minimum atomic E-state index is -1.04. The number of carbonyl (C=O) groups is 1. The summed E-state index contributed by atoms with van der Waals surface area (Å²) in [6.07, 6.45) is 6.60. The van der Waals surface area contributed by atoms with Crippen LogP contribution in [0.25, 0.3) is 29.1 Å². The molecule has 0 fully saturated rings. The van der Waals surface area contributed by atoms with Gasteiger partial charge in [-0.1, -0.05) is 0 Å². The molecule has 0 radical (unpaired) electrons. The largest absolute Gasteiger partial charge is 0.478 e. The van der Waals surface area contributed by atoms with E-state index in [2.05, 4.69) is 10.1 Å². The number of aromatic nitrogens is 3. The molecule has 0 aliphatic heterocycles. The molecule has 2 aromatic heterocycles. The summed E-state index contributed by atoms with van der Waals surface area (Å²) >= 11 is 0. The molecule has 148 valence electrons. The molecular weight excluding hydrogens is 388 g/mol. The van der Waals surface area contributed by atoms with Crippen molar-refractivity contribution in [3.63, 3.8) is 0 Å². The Labute approximate surface area is 170 Å². The molecule has 0 spiro atoms. The Hall–Kier alpha value is -4.13. The molecule has 30 heavy (non-hydrogen) atoms. The van der Waals surface area contributed by atoms with Crippen LogP contribution in [0.15, 0.2) is 73.1 Å². The lowest BCUT2D eigenvalue weighted by Crippen LogP contribution is -1.96. The van der Waals surface area contributed by atoms with Crippen LogP contribution < -0.4 is 0 Å². The fourth-order valence-corrected chi connectivity index (χ4v) is 2.92. The van der Waals surface area contributed by atoms with Crippen molar-refractivity contribution in [3.05, 3.63) is 102 Å². The highest BCUT2D eigenvalue weighted by molar-refractivity contribution is 5.88. The van der Waals surface area contributed by atoms with Crippen molar-refractivity contribution in [3.8, 4) is 16.9 Å². The standard InChI is InChI=1S/C23H15F2N3O2/c24-18-4-1-15(2-5-18)22-17(3-8-20-13-16(23(29)30)11-12-26-20)14-28(27-22)21-9-6-19(25)7-10-21/h1-14H,(H,29,30). The molecule has 0 saturated heterocycles. The highest BCUT2D eigenvalue weighted by Crippen LogP contribution is 2.26. The summed E-state index contributed by atoms with van der Waals surface area (Å²) < 4.78 is 28.2. The van der Waals surface area contributed by atoms with E-state index in [0.717, 1.165) is 0 Å². The molecule has 0 aliphatic rings. The van der Waals surface area contributed by atoms with Gasteiger partial charge in [0.25, 0.3) is 0 Å².